The summed E-state index contributed by atoms with van der Waals surface area (Å²) >= 11 is -1.81. The summed E-state index contributed by atoms with van der Waals surface area (Å²) in [4.78, 5) is 0. The molecule has 2 rings (SSSR count). The first-order chi connectivity index (χ1) is 6.50. The van der Waals surface area contributed by atoms with Gasteiger partial charge in [-0.1, -0.05) is 0 Å². The maximum atomic E-state index is 6.29. The SMILES string of the molecule is NCC1(N)CC2CC[C]([Pt]([Cl])[Cl])(C2)C1. The van der Waals surface area contributed by atoms with Gasteiger partial charge in [0.1, 0.15) is 0 Å². The van der Waals surface area contributed by atoms with E-state index in [-0.39, 0.29) is 9.34 Å². The molecule has 3 unspecified atom stereocenters. The molecule has 4 N–H and O–H groups in total. The zero-order valence-electron chi connectivity index (χ0n) is 8.05. The van der Waals surface area contributed by atoms with Gasteiger partial charge in [-0.3, -0.25) is 0 Å². The van der Waals surface area contributed by atoms with Gasteiger partial charge in [0.2, 0.25) is 0 Å². The molecule has 2 bridgehead atoms. The molecule has 0 aromatic heterocycles. The number of rotatable bonds is 2. The summed E-state index contributed by atoms with van der Waals surface area (Å²) < 4.78 is 0.213. The Morgan fingerprint density at radius 1 is 1.36 bits per heavy atom. The van der Waals surface area contributed by atoms with Gasteiger partial charge >= 0.3 is 99.4 Å². The number of halogens is 2. The molecule has 2 aliphatic rings. The predicted molar refractivity (Wildman–Crippen MR) is 56.9 cm³/mol. The molecule has 2 nitrogen and oxygen atoms in total. The molecule has 2 fully saturated rings. The minimum atomic E-state index is -1.81. The van der Waals surface area contributed by atoms with Crippen molar-refractivity contribution in [1.82, 2.24) is 0 Å². The molecule has 0 saturated heterocycles. The van der Waals surface area contributed by atoms with Crippen LogP contribution in [-0.4, -0.2) is 12.1 Å². The van der Waals surface area contributed by atoms with Crippen LogP contribution in [0, 0.1) is 5.92 Å². The van der Waals surface area contributed by atoms with E-state index in [1.54, 1.807) is 0 Å². The Morgan fingerprint density at radius 2 is 2.07 bits per heavy atom. The topological polar surface area (TPSA) is 52.0 Å². The van der Waals surface area contributed by atoms with Crippen LogP contribution in [0.1, 0.15) is 32.1 Å². The van der Waals surface area contributed by atoms with Crippen molar-refractivity contribution in [2.45, 2.75) is 41.4 Å². The van der Waals surface area contributed by atoms with Gasteiger partial charge in [-0.2, -0.15) is 0 Å². The summed E-state index contributed by atoms with van der Waals surface area (Å²) in [5, 5.41) is 0. The van der Waals surface area contributed by atoms with Gasteiger partial charge in [-0.25, -0.2) is 0 Å². The van der Waals surface area contributed by atoms with E-state index in [0.717, 1.165) is 18.8 Å². The van der Waals surface area contributed by atoms with Gasteiger partial charge in [0.15, 0.2) is 0 Å². The van der Waals surface area contributed by atoms with Crippen molar-refractivity contribution >= 4 is 18.8 Å². The first kappa shape index (κ1) is 11.7. The molecule has 0 aliphatic heterocycles. The van der Waals surface area contributed by atoms with Crippen LogP contribution >= 0.6 is 18.8 Å². The van der Waals surface area contributed by atoms with Gasteiger partial charge in [0.05, 0.1) is 0 Å². The fourth-order valence-corrected chi connectivity index (χ4v) is 8.39. The normalized spacial score (nSPS) is 48.0. The zero-order chi connectivity index (χ0) is 10.4. The molecule has 0 amide bonds. The average molecular weight is 419 g/mol. The first-order valence-electron chi connectivity index (χ1n) is 4.94. The van der Waals surface area contributed by atoms with Crippen LogP contribution in [-0.2, 0) is 15.2 Å². The van der Waals surface area contributed by atoms with Gasteiger partial charge < -0.3 is 0 Å². The van der Waals surface area contributed by atoms with Crippen LogP contribution in [0.2, 0.25) is 3.80 Å². The summed E-state index contributed by atoms with van der Waals surface area (Å²) in [6.07, 6.45) is 5.69. The van der Waals surface area contributed by atoms with Gasteiger partial charge in [-0.05, 0) is 0 Å². The molecule has 5 heteroatoms. The Morgan fingerprint density at radius 3 is 2.64 bits per heavy atom. The van der Waals surface area contributed by atoms with Crippen molar-refractivity contribution in [3.05, 3.63) is 0 Å². The molecular formula is C9H17Cl2N2Pt. The fraction of sp³-hybridized carbons (Fsp3) is 1.00. The molecule has 0 heterocycles. The van der Waals surface area contributed by atoms with Gasteiger partial charge in [0.25, 0.3) is 0 Å². The minimum absolute atomic E-state index is 0.181. The van der Waals surface area contributed by atoms with Crippen molar-refractivity contribution in [3.8, 4) is 0 Å². The molecule has 2 saturated carbocycles. The number of hydrogen-bond acceptors (Lipinski definition) is 2. The summed E-state index contributed by atoms with van der Waals surface area (Å²) in [6, 6.07) is 0. The Balaban J connectivity index is 2.21. The average Bonchev–Trinajstić information content (AvgIpc) is 2.44. The second-order valence-corrected chi connectivity index (χ2v) is 13.3. The maximum absolute atomic E-state index is 6.29. The van der Waals surface area contributed by atoms with E-state index in [4.69, 9.17) is 30.3 Å². The summed E-state index contributed by atoms with van der Waals surface area (Å²) in [6.45, 7) is 0.573. The number of fused-ring (bicyclic) bond motifs is 2. The van der Waals surface area contributed by atoms with E-state index in [1.165, 1.54) is 19.3 Å². The van der Waals surface area contributed by atoms with Crippen LogP contribution in [0.15, 0.2) is 0 Å². The van der Waals surface area contributed by atoms with Crippen LogP contribution in [0.25, 0.3) is 0 Å². The Labute approximate surface area is 99.1 Å². The van der Waals surface area contributed by atoms with E-state index in [2.05, 4.69) is 0 Å². The Hall–Kier alpha value is 1.19. The Kier molecular flexibility index (Phi) is 3.24. The van der Waals surface area contributed by atoms with E-state index < -0.39 is 15.2 Å². The first-order valence-corrected chi connectivity index (χ1v) is 11.7. The molecule has 0 aromatic carbocycles. The van der Waals surface area contributed by atoms with Crippen molar-refractivity contribution in [2.75, 3.05) is 6.54 Å². The summed E-state index contributed by atoms with van der Waals surface area (Å²) in [5.74, 6) is 0.731. The van der Waals surface area contributed by atoms with E-state index in [1.807, 2.05) is 0 Å². The number of hydrogen-bond donors (Lipinski definition) is 2. The molecule has 0 radical (unpaired) electrons. The van der Waals surface area contributed by atoms with E-state index in [9.17, 15) is 0 Å². The standard InChI is InChI=1S/C9H17N2.2ClH.Pt/c10-6-9(11)4-7-1-2-8(3-7)5-9;;;/h7H,1-6,10-11H2;2*1H;/q;;;+2/p-2. The second-order valence-electron chi connectivity index (χ2n) is 4.81. The van der Waals surface area contributed by atoms with Crippen LogP contribution in [0.4, 0.5) is 0 Å². The van der Waals surface area contributed by atoms with Gasteiger partial charge in [0, 0.05) is 0 Å². The van der Waals surface area contributed by atoms with E-state index >= 15 is 0 Å². The van der Waals surface area contributed by atoms with Crippen LogP contribution in [0.3, 0.4) is 0 Å². The molecule has 3 atom stereocenters. The van der Waals surface area contributed by atoms with Gasteiger partial charge in [-0.15, -0.1) is 0 Å². The van der Waals surface area contributed by atoms with Crippen molar-refractivity contribution in [1.29, 1.82) is 0 Å². The fourth-order valence-electron chi connectivity index (χ4n) is 3.05. The zero-order valence-corrected chi connectivity index (χ0v) is 11.8. The molecule has 87 valence electrons. The summed E-state index contributed by atoms with van der Waals surface area (Å²) in [5.41, 5.74) is 11.9. The van der Waals surface area contributed by atoms with Crippen molar-refractivity contribution < 1.29 is 15.2 Å². The van der Waals surface area contributed by atoms with E-state index in [0.29, 0.717) is 6.54 Å². The van der Waals surface area contributed by atoms with Crippen LogP contribution < -0.4 is 11.5 Å². The Bertz CT molecular complexity index is 239. The number of nitrogens with two attached hydrogens (primary N) is 2. The quantitative estimate of drug-likeness (QED) is 0.722. The van der Waals surface area contributed by atoms with Crippen molar-refractivity contribution in [2.24, 2.45) is 17.4 Å². The molecular weight excluding hydrogens is 402 g/mol. The predicted octanol–water partition coefficient (Wildman–Crippen LogP) is 2.32. The molecule has 0 spiro atoms. The summed E-state index contributed by atoms with van der Waals surface area (Å²) in [7, 11) is 12.5. The third-order valence-electron chi connectivity index (χ3n) is 3.64. The third kappa shape index (κ3) is 1.89. The third-order valence-corrected chi connectivity index (χ3v) is 11.0. The second kappa shape index (κ2) is 3.89. The van der Waals surface area contributed by atoms with Crippen molar-refractivity contribution in [3.63, 3.8) is 0 Å². The molecule has 0 aromatic rings. The monoisotopic (exact) mass is 418 g/mol. The van der Waals surface area contributed by atoms with Crippen LogP contribution in [0.5, 0.6) is 0 Å². The molecule has 14 heavy (non-hydrogen) atoms. The molecule has 2 aliphatic carbocycles.